The molecule has 1 aromatic carbocycles. The Labute approximate surface area is 98.1 Å². The standard InChI is InChI=1S/C8H10O3S.Tl/c1-6-3-4-8(7(2)5-6)12(9,10)11;/h3-5H,1-2H3,(H,9,10,11);. The van der Waals surface area contributed by atoms with Crippen molar-refractivity contribution in [2.75, 3.05) is 0 Å². The Morgan fingerprint density at radius 3 is 2.15 bits per heavy atom. The molecule has 1 radical (unpaired) electrons. The van der Waals surface area contributed by atoms with Gasteiger partial charge in [-0.3, -0.25) is 4.55 Å². The van der Waals surface area contributed by atoms with Crippen LogP contribution >= 0.6 is 0 Å². The fraction of sp³-hybridized carbons (Fsp3) is 0.250. The van der Waals surface area contributed by atoms with Gasteiger partial charge in [0.1, 0.15) is 0 Å². The molecule has 0 aliphatic heterocycles. The van der Waals surface area contributed by atoms with E-state index in [1.165, 1.54) is 6.07 Å². The molecular formula is C8H10O3STl. The fourth-order valence-corrected chi connectivity index (χ4v) is 1.79. The normalized spacial score (nSPS) is 10.7. The molecule has 0 fully saturated rings. The molecular weight excluding hydrogens is 381 g/mol. The molecule has 5 heteroatoms. The maximum Gasteiger partial charge on any atom is 0.294 e. The first-order valence-electron chi connectivity index (χ1n) is 3.46. The van der Waals surface area contributed by atoms with Gasteiger partial charge >= 0.3 is 0 Å². The van der Waals surface area contributed by atoms with Gasteiger partial charge in [0.05, 0.1) is 4.90 Å². The van der Waals surface area contributed by atoms with Crippen molar-refractivity contribution in [2.24, 2.45) is 0 Å². The molecule has 0 spiro atoms. The SMILES string of the molecule is Cc1ccc(S(=O)(=O)O)c(C)c1.[Tl]. The summed E-state index contributed by atoms with van der Waals surface area (Å²) in [6.07, 6.45) is 0. The van der Waals surface area contributed by atoms with Crippen LogP contribution in [0.5, 0.6) is 0 Å². The van der Waals surface area contributed by atoms with Crippen molar-refractivity contribution in [3.05, 3.63) is 29.3 Å². The summed E-state index contributed by atoms with van der Waals surface area (Å²) in [6, 6.07) is 4.76. The number of hydrogen-bond acceptors (Lipinski definition) is 2. The molecule has 69 valence electrons. The van der Waals surface area contributed by atoms with Crippen molar-refractivity contribution in [1.82, 2.24) is 0 Å². The van der Waals surface area contributed by atoms with E-state index in [4.69, 9.17) is 4.55 Å². The fourth-order valence-electron chi connectivity index (χ4n) is 1.09. The maximum absolute atomic E-state index is 10.7. The second kappa shape index (κ2) is 4.52. The average molecular weight is 391 g/mol. The molecule has 0 atom stereocenters. The molecule has 3 nitrogen and oxygen atoms in total. The molecule has 0 amide bonds. The van der Waals surface area contributed by atoms with Crippen LogP contribution in [-0.2, 0) is 10.1 Å². The summed E-state index contributed by atoms with van der Waals surface area (Å²) in [6.45, 7) is 3.51. The van der Waals surface area contributed by atoms with E-state index >= 15 is 0 Å². The van der Waals surface area contributed by atoms with Crippen molar-refractivity contribution in [3.8, 4) is 0 Å². The molecule has 0 unspecified atom stereocenters. The molecule has 1 N–H and O–H groups in total. The Morgan fingerprint density at radius 2 is 1.77 bits per heavy atom. The Balaban J connectivity index is 0.00000144. The van der Waals surface area contributed by atoms with Gasteiger partial charge in [0.15, 0.2) is 0 Å². The van der Waals surface area contributed by atoms with Crippen molar-refractivity contribution in [2.45, 2.75) is 18.7 Å². The minimum Gasteiger partial charge on any atom is -0.282 e. The topological polar surface area (TPSA) is 54.4 Å². The molecule has 0 heterocycles. The van der Waals surface area contributed by atoms with E-state index in [-0.39, 0.29) is 32.2 Å². The van der Waals surface area contributed by atoms with Gasteiger partial charge in [-0.05, 0) is 25.5 Å². The molecule has 1 aromatic rings. The van der Waals surface area contributed by atoms with Gasteiger partial charge in [-0.15, -0.1) is 0 Å². The van der Waals surface area contributed by atoms with E-state index < -0.39 is 10.1 Å². The van der Waals surface area contributed by atoms with E-state index in [1.807, 2.05) is 6.92 Å². The first-order chi connectivity index (χ1) is 5.41. The first-order valence-corrected chi connectivity index (χ1v) is 4.90. The molecule has 0 aliphatic rings. The Bertz CT molecular complexity index is 398. The smallest absolute Gasteiger partial charge is 0.282 e. The van der Waals surface area contributed by atoms with Crippen LogP contribution in [0.3, 0.4) is 0 Å². The van der Waals surface area contributed by atoms with Crippen LogP contribution < -0.4 is 0 Å². The van der Waals surface area contributed by atoms with Gasteiger partial charge in [0.25, 0.3) is 10.1 Å². The van der Waals surface area contributed by atoms with E-state index in [0.717, 1.165) is 5.56 Å². The average Bonchev–Trinajstić information content (AvgIpc) is 1.83. The van der Waals surface area contributed by atoms with Gasteiger partial charge < -0.3 is 0 Å². The second-order valence-electron chi connectivity index (χ2n) is 2.74. The Kier molecular flexibility index (Phi) is 4.54. The zero-order chi connectivity index (χ0) is 9.35. The summed E-state index contributed by atoms with van der Waals surface area (Å²) >= 11 is 0. The van der Waals surface area contributed by atoms with E-state index in [0.29, 0.717) is 5.56 Å². The Morgan fingerprint density at radius 1 is 1.23 bits per heavy atom. The van der Waals surface area contributed by atoms with Crippen LogP contribution in [-0.4, -0.2) is 40.3 Å². The van der Waals surface area contributed by atoms with Crippen LogP contribution in [0.2, 0.25) is 0 Å². The minimum absolute atomic E-state index is 0. The summed E-state index contributed by atoms with van der Waals surface area (Å²) in [4.78, 5) is -0.0203. The molecule has 0 aliphatic carbocycles. The number of hydrogen-bond donors (Lipinski definition) is 1. The number of aryl methyl sites for hydroxylation is 2. The Hall–Kier alpha value is 0.0521. The van der Waals surface area contributed by atoms with Crippen LogP contribution in [0.1, 0.15) is 11.1 Å². The van der Waals surface area contributed by atoms with Crippen molar-refractivity contribution < 1.29 is 13.0 Å². The summed E-state index contributed by atoms with van der Waals surface area (Å²) < 4.78 is 30.2. The predicted octanol–water partition coefficient (Wildman–Crippen LogP) is 1.17. The van der Waals surface area contributed by atoms with Crippen LogP contribution in [0.25, 0.3) is 0 Å². The van der Waals surface area contributed by atoms with Gasteiger partial charge in [-0.2, -0.15) is 8.42 Å². The van der Waals surface area contributed by atoms with Gasteiger partial charge in [-0.1, -0.05) is 17.7 Å². The molecule has 1 rings (SSSR count). The number of benzene rings is 1. The molecule has 0 aromatic heterocycles. The van der Waals surface area contributed by atoms with Gasteiger partial charge in [-0.25, -0.2) is 0 Å². The van der Waals surface area contributed by atoms with Crippen LogP contribution in [0, 0.1) is 13.8 Å². The summed E-state index contributed by atoms with van der Waals surface area (Å²) in [5.74, 6) is 0. The monoisotopic (exact) mass is 391 g/mol. The van der Waals surface area contributed by atoms with Crippen molar-refractivity contribution >= 4 is 37.4 Å². The van der Waals surface area contributed by atoms with Crippen molar-refractivity contribution in [1.29, 1.82) is 0 Å². The zero-order valence-corrected chi connectivity index (χ0v) is 12.8. The van der Waals surface area contributed by atoms with Gasteiger partial charge in [0, 0.05) is 27.3 Å². The van der Waals surface area contributed by atoms with E-state index in [9.17, 15) is 8.42 Å². The van der Waals surface area contributed by atoms with Crippen LogP contribution in [0.4, 0.5) is 0 Å². The summed E-state index contributed by atoms with van der Waals surface area (Å²) in [7, 11) is -4.05. The summed E-state index contributed by atoms with van der Waals surface area (Å²) in [5, 5.41) is 0. The molecule has 0 saturated carbocycles. The molecule has 0 bridgehead atoms. The third-order valence-electron chi connectivity index (χ3n) is 1.61. The summed E-state index contributed by atoms with van der Waals surface area (Å²) in [5.41, 5.74) is 1.54. The van der Waals surface area contributed by atoms with E-state index in [1.54, 1.807) is 19.1 Å². The third-order valence-corrected chi connectivity index (χ3v) is 2.62. The minimum atomic E-state index is -4.05. The third kappa shape index (κ3) is 3.35. The second-order valence-corrected chi connectivity index (χ2v) is 4.13. The van der Waals surface area contributed by atoms with E-state index in [2.05, 4.69) is 0 Å². The maximum atomic E-state index is 10.7. The molecule has 13 heavy (non-hydrogen) atoms. The first kappa shape index (κ1) is 13.1. The largest absolute Gasteiger partial charge is 0.294 e. The zero-order valence-electron chi connectivity index (χ0n) is 7.48. The van der Waals surface area contributed by atoms with Gasteiger partial charge in [0.2, 0.25) is 0 Å². The quantitative estimate of drug-likeness (QED) is 0.579. The van der Waals surface area contributed by atoms with Crippen LogP contribution in [0.15, 0.2) is 23.1 Å². The molecule has 0 saturated heterocycles. The van der Waals surface area contributed by atoms with Crippen molar-refractivity contribution in [3.63, 3.8) is 0 Å². The number of rotatable bonds is 1. The predicted molar refractivity (Wildman–Crippen MR) is 51.5 cm³/mol.